The van der Waals surface area contributed by atoms with Crippen LogP contribution in [0, 0.1) is 0 Å². The molecule has 3 rings (SSSR count). The normalized spacial score (nSPS) is 10.7. The van der Waals surface area contributed by atoms with Crippen LogP contribution in [-0.2, 0) is 13.0 Å². The quantitative estimate of drug-likeness (QED) is 0.797. The fraction of sp³-hybridized carbons (Fsp3) is 0.176. The number of hydrogen-bond acceptors (Lipinski definition) is 3. The van der Waals surface area contributed by atoms with Crippen LogP contribution in [0.2, 0.25) is 0 Å². The number of aromatic hydroxyl groups is 1. The van der Waals surface area contributed by atoms with Crippen molar-refractivity contribution in [1.82, 2.24) is 14.8 Å². The maximum atomic E-state index is 9.39. The van der Waals surface area contributed by atoms with E-state index >= 15 is 0 Å². The van der Waals surface area contributed by atoms with Gasteiger partial charge in [-0.15, -0.1) is 0 Å². The van der Waals surface area contributed by atoms with Gasteiger partial charge in [-0.3, -0.25) is 0 Å². The highest BCUT2D eigenvalue weighted by Crippen LogP contribution is 2.25. The third-order valence-electron chi connectivity index (χ3n) is 3.59. The van der Waals surface area contributed by atoms with Gasteiger partial charge in [0, 0.05) is 0 Å². The summed E-state index contributed by atoms with van der Waals surface area (Å²) in [5.74, 6) is 0.284. The Kier molecular flexibility index (Phi) is 3.69. The highest BCUT2D eigenvalue weighted by molar-refractivity contribution is 5.65. The van der Waals surface area contributed by atoms with Crippen molar-refractivity contribution in [2.75, 3.05) is 0 Å². The van der Waals surface area contributed by atoms with E-state index in [1.165, 1.54) is 11.1 Å². The molecule has 0 radical (unpaired) electrons. The summed E-state index contributed by atoms with van der Waals surface area (Å²) in [6.07, 6.45) is 4.27. The standard InChI is InChI=1S/C17H17N3O/c1-2-13-3-4-15(14-5-7-17(21)8-6-14)9-16(13)10-20-12-18-11-19-20/h3-9,11-12,21H,2,10H2,1H3. The minimum atomic E-state index is 0.284. The van der Waals surface area contributed by atoms with E-state index in [-0.39, 0.29) is 5.75 Å². The van der Waals surface area contributed by atoms with E-state index in [0.717, 1.165) is 24.1 Å². The number of phenolic OH excluding ortho intramolecular Hbond substituents is 1. The van der Waals surface area contributed by atoms with Crippen molar-refractivity contribution in [3.8, 4) is 16.9 Å². The van der Waals surface area contributed by atoms with Crippen molar-refractivity contribution in [3.05, 3.63) is 66.2 Å². The number of nitrogens with zero attached hydrogens (tertiary/aromatic N) is 3. The van der Waals surface area contributed by atoms with E-state index in [1.807, 2.05) is 16.8 Å². The van der Waals surface area contributed by atoms with Gasteiger partial charge in [-0.2, -0.15) is 5.10 Å². The first kappa shape index (κ1) is 13.4. The summed E-state index contributed by atoms with van der Waals surface area (Å²) < 4.78 is 1.83. The molecule has 1 aromatic heterocycles. The molecule has 0 saturated heterocycles. The zero-order chi connectivity index (χ0) is 14.7. The van der Waals surface area contributed by atoms with Crippen LogP contribution >= 0.6 is 0 Å². The lowest BCUT2D eigenvalue weighted by atomic mass is 9.98. The van der Waals surface area contributed by atoms with E-state index in [4.69, 9.17) is 0 Å². The molecule has 0 aliphatic rings. The minimum Gasteiger partial charge on any atom is -0.508 e. The number of hydrogen-bond donors (Lipinski definition) is 1. The maximum absolute atomic E-state index is 9.39. The Balaban J connectivity index is 1.98. The lowest BCUT2D eigenvalue weighted by Crippen LogP contribution is -2.03. The summed E-state index contributed by atoms with van der Waals surface area (Å²) in [7, 11) is 0. The van der Waals surface area contributed by atoms with Crippen molar-refractivity contribution < 1.29 is 5.11 Å². The molecular weight excluding hydrogens is 262 g/mol. The first-order valence-electron chi connectivity index (χ1n) is 7.00. The SMILES string of the molecule is CCc1ccc(-c2ccc(O)cc2)cc1Cn1cncn1. The Hall–Kier alpha value is -2.62. The Morgan fingerprint density at radius 2 is 1.76 bits per heavy atom. The van der Waals surface area contributed by atoms with Gasteiger partial charge < -0.3 is 5.11 Å². The molecule has 4 nitrogen and oxygen atoms in total. The van der Waals surface area contributed by atoms with Gasteiger partial charge in [0.2, 0.25) is 0 Å². The first-order valence-corrected chi connectivity index (χ1v) is 7.00. The molecule has 0 unspecified atom stereocenters. The number of benzene rings is 2. The van der Waals surface area contributed by atoms with Crippen molar-refractivity contribution in [2.24, 2.45) is 0 Å². The van der Waals surface area contributed by atoms with Crippen LogP contribution in [-0.4, -0.2) is 19.9 Å². The largest absolute Gasteiger partial charge is 0.508 e. The van der Waals surface area contributed by atoms with Gasteiger partial charge in [-0.25, -0.2) is 9.67 Å². The average molecular weight is 279 g/mol. The molecule has 0 saturated carbocycles. The van der Waals surface area contributed by atoms with Crippen LogP contribution in [0.1, 0.15) is 18.1 Å². The summed E-state index contributed by atoms with van der Waals surface area (Å²) in [6, 6.07) is 13.7. The topological polar surface area (TPSA) is 50.9 Å². The first-order chi connectivity index (χ1) is 10.3. The van der Waals surface area contributed by atoms with Gasteiger partial charge in [-0.1, -0.05) is 31.2 Å². The van der Waals surface area contributed by atoms with Crippen LogP contribution in [0.3, 0.4) is 0 Å². The van der Waals surface area contributed by atoms with Gasteiger partial charge >= 0.3 is 0 Å². The van der Waals surface area contributed by atoms with Crippen LogP contribution in [0.25, 0.3) is 11.1 Å². The lowest BCUT2D eigenvalue weighted by molar-refractivity contribution is 0.475. The molecule has 1 N–H and O–H groups in total. The molecule has 0 aliphatic heterocycles. The van der Waals surface area contributed by atoms with E-state index < -0.39 is 0 Å². The number of rotatable bonds is 4. The van der Waals surface area contributed by atoms with E-state index in [1.54, 1.807) is 24.8 Å². The summed E-state index contributed by atoms with van der Waals surface area (Å²) >= 11 is 0. The summed E-state index contributed by atoms with van der Waals surface area (Å²) in [4.78, 5) is 3.99. The Labute approximate surface area is 123 Å². The molecule has 0 spiro atoms. The maximum Gasteiger partial charge on any atom is 0.137 e. The second-order valence-corrected chi connectivity index (χ2v) is 4.98. The van der Waals surface area contributed by atoms with Crippen LogP contribution < -0.4 is 0 Å². The summed E-state index contributed by atoms with van der Waals surface area (Å²) in [5, 5.41) is 13.6. The molecule has 0 aliphatic carbocycles. The van der Waals surface area contributed by atoms with Crippen molar-refractivity contribution >= 4 is 0 Å². The predicted molar refractivity (Wildman–Crippen MR) is 82.0 cm³/mol. The van der Waals surface area contributed by atoms with Gasteiger partial charge in [0.05, 0.1) is 6.54 Å². The molecule has 0 bridgehead atoms. The van der Waals surface area contributed by atoms with Gasteiger partial charge in [-0.05, 0) is 46.9 Å². The molecule has 4 heteroatoms. The highest BCUT2D eigenvalue weighted by Gasteiger charge is 2.06. The molecule has 106 valence electrons. The smallest absolute Gasteiger partial charge is 0.137 e. The highest BCUT2D eigenvalue weighted by atomic mass is 16.3. The third kappa shape index (κ3) is 2.94. The molecule has 3 aromatic rings. The van der Waals surface area contributed by atoms with Gasteiger partial charge in [0.25, 0.3) is 0 Å². The fourth-order valence-corrected chi connectivity index (χ4v) is 2.44. The Morgan fingerprint density at radius 3 is 2.43 bits per heavy atom. The third-order valence-corrected chi connectivity index (χ3v) is 3.59. The van der Waals surface area contributed by atoms with Crippen LogP contribution in [0.5, 0.6) is 5.75 Å². The van der Waals surface area contributed by atoms with Crippen LogP contribution in [0.15, 0.2) is 55.1 Å². The van der Waals surface area contributed by atoms with E-state index in [0.29, 0.717) is 0 Å². The minimum absolute atomic E-state index is 0.284. The predicted octanol–water partition coefficient (Wildman–Crippen LogP) is 3.26. The average Bonchev–Trinajstić information content (AvgIpc) is 3.01. The van der Waals surface area contributed by atoms with Gasteiger partial charge in [0.1, 0.15) is 18.4 Å². The zero-order valence-electron chi connectivity index (χ0n) is 11.9. The Morgan fingerprint density at radius 1 is 1.00 bits per heavy atom. The number of aryl methyl sites for hydroxylation is 1. The van der Waals surface area contributed by atoms with E-state index in [2.05, 4.69) is 35.2 Å². The molecule has 21 heavy (non-hydrogen) atoms. The molecule has 0 fully saturated rings. The molecule has 0 atom stereocenters. The summed E-state index contributed by atoms with van der Waals surface area (Å²) in [5.41, 5.74) is 4.79. The lowest BCUT2D eigenvalue weighted by Gasteiger charge is -2.11. The zero-order valence-corrected chi connectivity index (χ0v) is 11.9. The second kappa shape index (κ2) is 5.79. The van der Waals surface area contributed by atoms with E-state index in [9.17, 15) is 5.11 Å². The number of aromatic nitrogens is 3. The van der Waals surface area contributed by atoms with Gasteiger partial charge in [0.15, 0.2) is 0 Å². The van der Waals surface area contributed by atoms with Crippen molar-refractivity contribution in [1.29, 1.82) is 0 Å². The molecule has 1 heterocycles. The monoisotopic (exact) mass is 279 g/mol. The van der Waals surface area contributed by atoms with Crippen molar-refractivity contribution in [2.45, 2.75) is 19.9 Å². The molecule has 2 aromatic carbocycles. The number of phenols is 1. The molecular formula is C17H17N3O. The van der Waals surface area contributed by atoms with Crippen molar-refractivity contribution in [3.63, 3.8) is 0 Å². The second-order valence-electron chi connectivity index (χ2n) is 4.98. The molecule has 0 amide bonds. The fourth-order valence-electron chi connectivity index (χ4n) is 2.44. The van der Waals surface area contributed by atoms with Crippen LogP contribution in [0.4, 0.5) is 0 Å². The summed E-state index contributed by atoms with van der Waals surface area (Å²) in [6.45, 7) is 2.87. The Bertz CT molecular complexity index is 718.